The van der Waals surface area contributed by atoms with E-state index in [2.05, 4.69) is 39.9 Å². The SMILES string of the molecule is COc1ccc2cc3[n+](cc2c1OCCOCCN1CCCCC1)CCc1cc2c(cc1-3)OCO2.[Cl-]. The quantitative estimate of drug-likeness (QED) is 0.331. The van der Waals surface area contributed by atoms with Crippen molar-refractivity contribution in [1.29, 1.82) is 0 Å². The van der Waals surface area contributed by atoms with E-state index in [9.17, 15) is 0 Å². The van der Waals surface area contributed by atoms with Crippen molar-refractivity contribution in [2.45, 2.75) is 32.2 Å². The van der Waals surface area contributed by atoms with Crippen molar-refractivity contribution >= 4 is 10.8 Å². The van der Waals surface area contributed by atoms with E-state index in [0.717, 1.165) is 59.9 Å². The molecule has 7 nitrogen and oxygen atoms in total. The number of benzene rings is 2. The van der Waals surface area contributed by atoms with Crippen LogP contribution in [0.1, 0.15) is 24.8 Å². The molecule has 3 aliphatic heterocycles. The fourth-order valence-corrected chi connectivity index (χ4v) is 5.39. The smallest absolute Gasteiger partial charge is 0.231 e. The Morgan fingerprint density at radius 2 is 1.81 bits per heavy atom. The zero-order valence-corrected chi connectivity index (χ0v) is 21.5. The standard InChI is InChI=1S/C28H33N2O5.ClH/c1-31-25-6-5-20-15-24-22-17-27-26(34-19-35-27)16-21(22)7-10-30(24)18-23(20)28(25)33-14-13-32-12-11-29-8-3-2-4-9-29;/h5-6,15-18H,2-4,7-14,19H2,1H3;1H/q+1;/p-1. The van der Waals surface area contributed by atoms with Crippen molar-refractivity contribution in [1.82, 2.24) is 4.90 Å². The van der Waals surface area contributed by atoms with Crippen molar-refractivity contribution in [3.05, 3.63) is 42.1 Å². The van der Waals surface area contributed by atoms with Crippen LogP contribution in [-0.2, 0) is 17.7 Å². The lowest BCUT2D eigenvalue weighted by molar-refractivity contribution is -0.686. The molecule has 4 heterocycles. The number of hydrogen-bond acceptors (Lipinski definition) is 6. The summed E-state index contributed by atoms with van der Waals surface area (Å²) in [5.41, 5.74) is 3.66. The average Bonchev–Trinajstić information content (AvgIpc) is 3.36. The van der Waals surface area contributed by atoms with Gasteiger partial charge >= 0.3 is 0 Å². The number of aromatic nitrogens is 1. The number of halogens is 1. The van der Waals surface area contributed by atoms with E-state index in [4.69, 9.17) is 23.7 Å². The number of fused-ring (bicyclic) bond motifs is 5. The molecule has 0 N–H and O–H groups in total. The molecule has 0 spiro atoms. The molecule has 1 fully saturated rings. The lowest BCUT2D eigenvalue weighted by atomic mass is 9.95. The first-order chi connectivity index (χ1) is 17.3. The molecule has 6 rings (SSSR count). The van der Waals surface area contributed by atoms with Gasteiger partial charge in [0, 0.05) is 19.0 Å². The Hall–Kier alpha value is -2.74. The zero-order chi connectivity index (χ0) is 23.6. The molecule has 8 heteroatoms. The Labute approximate surface area is 218 Å². The fourth-order valence-electron chi connectivity index (χ4n) is 5.39. The highest BCUT2D eigenvalue weighted by Crippen LogP contribution is 2.41. The molecule has 36 heavy (non-hydrogen) atoms. The summed E-state index contributed by atoms with van der Waals surface area (Å²) < 4.78 is 31.3. The fraction of sp³-hybridized carbons (Fsp3) is 0.464. The Morgan fingerprint density at radius 1 is 0.972 bits per heavy atom. The predicted molar refractivity (Wildman–Crippen MR) is 133 cm³/mol. The van der Waals surface area contributed by atoms with E-state index < -0.39 is 0 Å². The molecule has 3 aliphatic rings. The Kier molecular flexibility index (Phi) is 7.70. The van der Waals surface area contributed by atoms with Gasteiger partial charge in [0.15, 0.2) is 35.7 Å². The van der Waals surface area contributed by atoms with Gasteiger partial charge in [-0.05, 0) is 61.1 Å². The summed E-state index contributed by atoms with van der Waals surface area (Å²) >= 11 is 0. The first-order valence-electron chi connectivity index (χ1n) is 12.7. The molecule has 0 aliphatic carbocycles. The second kappa shape index (κ2) is 11.1. The number of nitrogens with zero attached hydrogens (tertiary/aromatic N) is 2. The minimum absolute atomic E-state index is 0. The number of methoxy groups -OCH3 is 1. The zero-order valence-electron chi connectivity index (χ0n) is 20.8. The molecule has 0 bridgehead atoms. The number of hydrogen-bond donors (Lipinski definition) is 0. The van der Waals surface area contributed by atoms with Gasteiger partial charge in [-0.1, -0.05) is 6.42 Å². The molecule has 0 unspecified atom stereocenters. The molecular weight excluding hydrogens is 480 g/mol. The maximum Gasteiger partial charge on any atom is 0.231 e. The molecule has 3 aromatic rings. The van der Waals surface area contributed by atoms with Crippen LogP contribution in [0.4, 0.5) is 0 Å². The van der Waals surface area contributed by atoms with Crippen LogP contribution in [0.15, 0.2) is 36.5 Å². The van der Waals surface area contributed by atoms with E-state index in [1.165, 1.54) is 49.2 Å². The van der Waals surface area contributed by atoms with Crippen LogP contribution in [0, 0.1) is 0 Å². The van der Waals surface area contributed by atoms with E-state index >= 15 is 0 Å². The second-order valence-electron chi connectivity index (χ2n) is 9.43. The van der Waals surface area contributed by atoms with Crippen molar-refractivity contribution in [2.24, 2.45) is 0 Å². The normalized spacial score (nSPS) is 16.2. The summed E-state index contributed by atoms with van der Waals surface area (Å²) in [7, 11) is 1.69. The average molecular weight is 513 g/mol. The highest BCUT2D eigenvalue weighted by atomic mass is 35.5. The molecule has 0 saturated carbocycles. The minimum atomic E-state index is 0. The summed E-state index contributed by atoms with van der Waals surface area (Å²) in [6.07, 6.45) is 7.11. The van der Waals surface area contributed by atoms with Gasteiger partial charge in [-0.2, -0.15) is 4.57 Å². The number of rotatable bonds is 8. The van der Waals surface area contributed by atoms with Crippen LogP contribution >= 0.6 is 0 Å². The van der Waals surface area contributed by atoms with Crippen LogP contribution in [0.25, 0.3) is 22.0 Å². The summed E-state index contributed by atoms with van der Waals surface area (Å²) in [6, 6.07) is 10.5. The van der Waals surface area contributed by atoms with E-state index in [0.29, 0.717) is 20.0 Å². The maximum absolute atomic E-state index is 6.24. The molecule has 192 valence electrons. The lowest BCUT2D eigenvalue weighted by Gasteiger charge is -2.26. The maximum atomic E-state index is 6.24. The van der Waals surface area contributed by atoms with Crippen LogP contribution in [0.3, 0.4) is 0 Å². The lowest BCUT2D eigenvalue weighted by Crippen LogP contribution is -3.00. The number of pyridine rings is 1. The summed E-state index contributed by atoms with van der Waals surface area (Å²) in [5, 5.41) is 2.16. The molecule has 1 saturated heterocycles. The monoisotopic (exact) mass is 512 g/mol. The molecule has 2 aromatic carbocycles. The van der Waals surface area contributed by atoms with Crippen molar-refractivity contribution in [3.63, 3.8) is 0 Å². The van der Waals surface area contributed by atoms with E-state index in [1.54, 1.807) is 7.11 Å². The number of likely N-dealkylation sites (tertiary alicyclic amines) is 1. The van der Waals surface area contributed by atoms with Crippen LogP contribution in [-0.4, -0.2) is 58.3 Å². The van der Waals surface area contributed by atoms with Gasteiger partial charge in [0.25, 0.3) is 0 Å². The third kappa shape index (κ3) is 4.92. The second-order valence-corrected chi connectivity index (χ2v) is 9.43. The molecule has 0 amide bonds. The highest BCUT2D eigenvalue weighted by molar-refractivity contribution is 5.91. The van der Waals surface area contributed by atoms with Crippen molar-refractivity contribution < 1.29 is 40.7 Å². The first-order valence-corrected chi connectivity index (χ1v) is 12.7. The van der Waals surface area contributed by atoms with Gasteiger partial charge in [-0.15, -0.1) is 0 Å². The highest BCUT2D eigenvalue weighted by Gasteiger charge is 2.28. The van der Waals surface area contributed by atoms with Gasteiger partial charge < -0.3 is 41.0 Å². The molecule has 1 aromatic heterocycles. The number of aryl methyl sites for hydroxylation is 2. The Morgan fingerprint density at radius 3 is 2.64 bits per heavy atom. The van der Waals surface area contributed by atoms with Crippen molar-refractivity contribution in [3.8, 4) is 34.3 Å². The van der Waals surface area contributed by atoms with Crippen LogP contribution < -0.4 is 35.9 Å². The molecule has 0 radical (unpaired) electrons. The number of ether oxygens (including phenoxy) is 5. The third-order valence-corrected chi connectivity index (χ3v) is 7.27. The van der Waals surface area contributed by atoms with Crippen LogP contribution in [0.2, 0.25) is 0 Å². The van der Waals surface area contributed by atoms with Gasteiger partial charge in [-0.25, -0.2) is 0 Å². The van der Waals surface area contributed by atoms with Gasteiger partial charge in [0.1, 0.15) is 6.61 Å². The summed E-state index contributed by atoms with van der Waals surface area (Å²) in [5.74, 6) is 3.18. The molecular formula is C28H33ClN2O5. The molecule has 0 atom stereocenters. The van der Waals surface area contributed by atoms with Gasteiger partial charge in [0.05, 0.1) is 31.3 Å². The minimum Gasteiger partial charge on any atom is -1.00 e. The van der Waals surface area contributed by atoms with E-state index in [-0.39, 0.29) is 12.4 Å². The van der Waals surface area contributed by atoms with Gasteiger partial charge in [0.2, 0.25) is 12.5 Å². The third-order valence-electron chi connectivity index (χ3n) is 7.27. The topological polar surface area (TPSA) is 53.3 Å². The largest absolute Gasteiger partial charge is 1.00 e. The Bertz CT molecular complexity index is 1230. The summed E-state index contributed by atoms with van der Waals surface area (Å²) in [4.78, 5) is 2.49. The van der Waals surface area contributed by atoms with E-state index in [1.807, 2.05) is 6.07 Å². The van der Waals surface area contributed by atoms with Gasteiger partial charge in [-0.3, -0.25) is 0 Å². The van der Waals surface area contributed by atoms with Crippen molar-refractivity contribution in [2.75, 3.05) is 53.4 Å². The first kappa shape index (κ1) is 24.9. The Balaban J connectivity index is 0.00000267. The summed E-state index contributed by atoms with van der Waals surface area (Å²) in [6.45, 7) is 6.38. The van der Waals surface area contributed by atoms with Crippen LogP contribution in [0.5, 0.6) is 23.0 Å². The predicted octanol–water partition coefficient (Wildman–Crippen LogP) is 0.973. The number of piperidine rings is 1.